The van der Waals surface area contributed by atoms with Gasteiger partial charge in [0.2, 0.25) is 0 Å². The van der Waals surface area contributed by atoms with Crippen LogP contribution in [0.2, 0.25) is 0 Å². The average Bonchev–Trinajstić information content (AvgIpc) is 2.68. The molecule has 0 aliphatic rings. The van der Waals surface area contributed by atoms with Gasteiger partial charge in [-0.3, -0.25) is 0 Å². The number of hydrogen-bond donors (Lipinski definition) is 0. The van der Waals surface area contributed by atoms with E-state index in [-0.39, 0.29) is 0 Å². The summed E-state index contributed by atoms with van der Waals surface area (Å²) in [5, 5.41) is 0. The van der Waals surface area contributed by atoms with E-state index in [9.17, 15) is 0 Å². The molecule has 0 heterocycles. The fourth-order valence-electron chi connectivity index (χ4n) is 3.78. The van der Waals surface area contributed by atoms with Crippen LogP contribution in [0.4, 0.5) is 0 Å². The first-order valence-electron chi connectivity index (χ1n) is 13.6. The summed E-state index contributed by atoms with van der Waals surface area (Å²) in [5.41, 5.74) is -1.73. The van der Waals surface area contributed by atoms with Crippen LogP contribution in [0.5, 0.6) is 0 Å². The van der Waals surface area contributed by atoms with Crippen molar-refractivity contribution in [2.45, 2.75) is 159 Å². The third kappa shape index (κ3) is 9.50. The average molecular weight is 509 g/mol. The van der Waals surface area contributed by atoms with E-state index >= 15 is 0 Å². The van der Waals surface area contributed by atoms with Gasteiger partial charge in [-0.05, 0) is 0 Å². The summed E-state index contributed by atoms with van der Waals surface area (Å²) in [4.78, 5) is 0. The molecular formula is C28H60O4Ti. The van der Waals surface area contributed by atoms with Gasteiger partial charge in [0.05, 0.1) is 0 Å². The minimum absolute atomic E-state index is 0.337. The van der Waals surface area contributed by atoms with Crippen molar-refractivity contribution in [3.63, 3.8) is 0 Å². The molecule has 200 valence electrons. The molecule has 0 fully saturated rings. The fourth-order valence-corrected chi connectivity index (χ4v) is 9.45. The van der Waals surface area contributed by atoms with Gasteiger partial charge in [-0.1, -0.05) is 0 Å². The zero-order valence-corrected chi connectivity index (χ0v) is 26.8. The monoisotopic (exact) mass is 508 g/mol. The van der Waals surface area contributed by atoms with E-state index in [4.69, 9.17) is 13.3 Å². The van der Waals surface area contributed by atoms with Crippen LogP contribution in [0.3, 0.4) is 0 Å². The topological polar surface area (TPSA) is 36.9 Å². The van der Waals surface area contributed by atoms with E-state index < -0.39 is 40.5 Å². The summed E-state index contributed by atoms with van der Waals surface area (Å²) >= 11 is -4.36. The molecule has 33 heavy (non-hydrogen) atoms. The normalized spacial score (nSPS) is 19.6. The summed E-state index contributed by atoms with van der Waals surface area (Å²) < 4.78 is 28.4. The van der Waals surface area contributed by atoms with Crippen molar-refractivity contribution in [1.82, 2.24) is 0 Å². The van der Waals surface area contributed by atoms with Gasteiger partial charge in [-0.25, -0.2) is 0 Å². The molecule has 0 radical (unpaired) electrons. The molecule has 0 aromatic heterocycles. The predicted molar refractivity (Wildman–Crippen MR) is 138 cm³/mol. The molecule has 0 spiro atoms. The van der Waals surface area contributed by atoms with Crippen molar-refractivity contribution in [2.24, 2.45) is 23.7 Å². The first-order valence-corrected chi connectivity index (χ1v) is 16.1. The predicted octanol–water partition coefficient (Wildman–Crippen LogP) is 9.17. The van der Waals surface area contributed by atoms with Crippen molar-refractivity contribution in [1.29, 1.82) is 0 Å². The van der Waals surface area contributed by atoms with Gasteiger partial charge in [0.1, 0.15) is 0 Å². The molecule has 0 aliphatic carbocycles. The summed E-state index contributed by atoms with van der Waals surface area (Å²) in [6.45, 7) is 35.1. The SMILES string of the molecule is CCC(C)C(C)(C)[O][Ti]([O]C(C)(C)C(C)CC)([O]C(C)(C)C(C)CC)[O]C(C)(C)C(C)CC. The van der Waals surface area contributed by atoms with Gasteiger partial charge in [-0.2, -0.15) is 0 Å². The molecule has 0 aromatic rings. The Morgan fingerprint density at radius 3 is 0.697 bits per heavy atom. The van der Waals surface area contributed by atoms with Crippen molar-refractivity contribution < 1.29 is 31.4 Å². The first-order chi connectivity index (χ1) is 14.8. The van der Waals surface area contributed by atoms with Crippen LogP contribution in [-0.2, 0) is 31.4 Å². The molecule has 0 saturated heterocycles. The van der Waals surface area contributed by atoms with Crippen LogP contribution in [0.25, 0.3) is 0 Å². The Balaban J connectivity index is 6.85. The van der Waals surface area contributed by atoms with Crippen LogP contribution in [0.1, 0.15) is 136 Å². The number of rotatable bonds is 16. The molecule has 0 saturated carbocycles. The Morgan fingerprint density at radius 1 is 0.424 bits per heavy atom. The van der Waals surface area contributed by atoms with Crippen LogP contribution >= 0.6 is 0 Å². The molecule has 4 unspecified atom stereocenters. The molecule has 4 atom stereocenters. The Morgan fingerprint density at radius 2 is 0.576 bits per heavy atom. The summed E-state index contributed by atoms with van der Waals surface area (Å²) in [5.74, 6) is 1.35. The van der Waals surface area contributed by atoms with Gasteiger partial charge in [0.15, 0.2) is 0 Å². The second kappa shape index (κ2) is 12.7. The van der Waals surface area contributed by atoms with E-state index in [0.717, 1.165) is 25.7 Å². The van der Waals surface area contributed by atoms with E-state index in [0.29, 0.717) is 23.7 Å². The number of hydrogen-bond acceptors (Lipinski definition) is 4. The third-order valence-electron chi connectivity index (χ3n) is 8.75. The van der Waals surface area contributed by atoms with Crippen LogP contribution in [-0.4, -0.2) is 22.4 Å². The van der Waals surface area contributed by atoms with Crippen molar-refractivity contribution >= 4 is 0 Å². The van der Waals surface area contributed by atoms with Gasteiger partial charge in [0.25, 0.3) is 0 Å². The Hall–Kier alpha value is 0.554. The maximum atomic E-state index is 7.09. The fraction of sp³-hybridized carbons (Fsp3) is 1.00. The molecule has 0 rings (SSSR count). The second-order valence-electron chi connectivity index (χ2n) is 12.6. The maximum absolute atomic E-state index is 7.09. The van der Waals surface area contributed by atoms with E-state index in [1.807, 2.05) is 0 Å². The van der Waals surface area contributed by atoms with Gasteiger partial charge < -0.3 is 0 Å². The standard InChI is InChI=1S/4C7H15O.Ti/c4*1-5-6(2)7(3,4)8;/h4*6H,5H2,1-4H3;/q4*-1;+4. The van der Waals surface area contributed by atoms with Gasteiger partial charge in [0, 0.05) is 0 Å². The summed E-state index contributed by atoms with van der Waals surface area (Å²) in [6, 6.07) is 0. The van der Waals surface area contributed by atoms with Crippen LogP contribution in [0.15, 0.2) is 0 Å². The summed E-state index contributed by atoms with van der Waals surface area (Å²) in [7, 11) is 0. The quantitative estimate of drug-likeness (QED) is 0.195. The zero-order chi connectivity index (χ0) is 26.5. The Kier molecular flexibility index (Phi) is 12.9. The van der Waals surface area contributed by atoms with Crippen LogP contribution < -0.4 is 0 Å². The molecular weight excluding hydrogens is 448 g/mol. The molecule has 4 nitrogen and oxygen atoms in total. The molecule has 0 aromatic carbocycles. The molecule has 0 amide bonds. The molecule has 5 heteroatoms. The third-order valence-corrected chi connectivity index (χ3v) is 13.6. The molecule has 0 N–H and O–H groups in total. The van der Waals surface area contributed by atoms with E-state index in [1.165, 1.54) is 0 Å². The second-order valence-corrected chi connectivity index (χ2v) is 15.4. The van der Waals surface area contributed by atoms with E-state index in [1.54, 1.807) is 0 Å². The van der Waals surface area contributed by atoms with E-state index in [2.05, 4.69) is 111 Å². The minimum atomic E-state index is -4.36. The van der Waals surface area contributed by atoms with Gasteiger partial charge >= 0.3 is 214 Å². The molecule has 0 bridgehead atoms. The zero-order valence-electron chi connectivity index (χ0n) is 25.3. The molecule has 0 aliphatic heterocycles. The Labute approximate surface area is 213 Å². The van der Waals surface area contributed by atoms with Crippen molar-refractivity contribution in [2.75, 3.05) is 0 Å². The van der Waals surface area contributed by atoms with Crippen LogP contribution in [0, 0.1) is 23.7 Å². The first kappa shape index (κ1) is 33.6. The van der Waals surface area contributed by atoms with Gasteiger partial charge in [-0.15, -0.1) is 0 Å². The van der Waals surface area contributed by atoms with Crippen molar-refractivity contribution in [3.8, 4) is 0 Å². The Bertz CT molecular complexity index is 469. The summed E-state index contributed by atoms with van der Waals surface area (Å²) in [6.07, 6.45) is 4.07. The van der Waals surface area contributed by atoms with Crippen molar-refractivity contribution in [3.05, 3.63) is 0 Å².